The molecule has 0 saturated carbocycles. The van der Waals surface area contributed by atoms with Gasteiger partial charge in [0.05, 0.1) is 23.3 Å². The van der Waals surface area contributed by atoms with Crippen molar-refractivity contribution in [2.75, 3.05) is 5.88 Å². The zero-order valence-corrected chi connectivity index (χ0v) is 14.1. The van der Waals surface area contributed by atoms with Gasteiger partial charge in [-0.15, -0.1) is 11.6 Å². The first-order chi connectivity index (χ1) is 11.1. The van der Waals surface area contributed by atoms with Crippen LogP contribution in [0.5, 0.6) is 0 Å². The molecule has 1 saturated heterocycles. The number of benzene rings is 1. The van der Waals surface area contributed by atoms with Crippen LogP contribution in [-0.2, 0) is 11.3 Å². The van der Waals surface area contributed by atoms with Gasteiger partial charge >= 0.3 is 0 Å². The minimum atomic E-state index is -0.147. The van der Waals surface area contributed by atoms with Gasteiger partial charge in [0.25, 0.3) is 5.91 Å². The van der Waals surface area contributed by atoms with Crippen molar-refractivity contribution >= 4 is 46.2 Å². The molecule has 1 aromatic heterocycles. The highest BCUT2D eigenvalue weighted by Gasteiger charge is 2.23. The van der Waals surface area contributed by atoms with Crippen LogP contribution in [0.15, 0.2) is 46.6 Å². The molecule has 0 aliphatic carbocycles. The second-order valence-corrected chi connectivity index (χ2v) is 6.46. The fourth-order valence-corrected chi connectivity index (χ4v) is 3.12. The first-order valence-electron chi connectivity index (χ1n) is 7.09. The van der Waals surface area contributed by atoms with E-state index >= 15 is 0 Å². The monoisotopic (exact) mass is 346 g/mol. The minimum Gasteiger partial charge on any atom is -0.300 e. The summed E-state index contributed by atoms with van der Waals surface area (Å²) in [6.07, 6.45) is 5.37. The number of carbonyl (C=O) groups excluding carboxylic acids is 1. The fraction of sp³-hybridized carbons (Fsp3) is 0.188. The molecule has 1 aromatic carbocycles. The lowest BCUT2D eigenvalue weighted by atomic mass is 10.2. The maximum atomic E-state index is 12.0. The third kappa shape index (κ3) is 4.03. The molecule has 1 aliphatic heterocycles. The van der Waals surface area contributed by atoms with Crippen LogP contribution in [0.3, 0.4) is 0 Å². The van der Waals surface area contributed by atoms with E-state index in [2.05, 4.69) is 15.4 Å². The maximum Gasteiger partial charge on any atom is 0.264 e. The van der Waals surface area contributed by atoms with Crippen molar-refractivity contribution in [3.8, 4) is 0 Å². The van der Waals surface area contributed by atoms with Crippen LogP contribution in [0.1, 0.15) is 11.1 Å². The molecule has 2 heterocycles. The van der Waals surface area contributed by atoms with Crippen LogP contribution < -0.4 is 5.32 Å². The Morgan fingerprint density at radius 3 is 3.13 bits per heavy atom. The van der Waals surface area contributed by atoms with Crippen LogP contribution in [0.25, 0.3) is 6.08 Å². The van der Waals surface area contributed by atoms with Crippen molar-refractivity contribution < 1.29 is 4.79 Å². The number of alkyl halides is 1. The summed E-state index contributed by atoms with van der Waals surface area (Å²) < 4.78 is 1.75. The highest BCUT2D eigenvalue weighted by atomic mass is 35.5. The molecule has 1 amide bonds. The van der Waals surface area contributed by atoms with E-state index in [-0.39, 0.29) is 5.91 Å². The topological polar surface area (TPSA) is 59.3 Å². The van der Waals surface area contributed by atoms with E-state index in [1.165, 1.54) is 11.8 Å². The number of rotatable bonds is 4. The number of aromatic nitrogens is 2. The first-order valence-corrected chi connectivity index (χ1v) is 8.44. The number of aliphatic imine (C=N–C) groups is 1. The van der Waals surface area contributed by atoms with Gasteiger partial charge in [-0.2, -0.15) is 5.10 Å². The average molecular weight is 347 g/mol. The lowest BCUT2D eigenvalue weighted by Gasteiger charge is -1.97. The molecule has 0 radical (unpaired) electrons. The number of hydrogen-bond acceptors (Lipinski definition) is 4. The van der Waals surface area contributed by atoms with E-state index in [1.807, 2.05) is 37.4 Å². The molecule has 118 valence electrons. The number of aryl methyl sites for hydroxylation is 2. The van der Waals surface area contributed by atoms with Crippen LogP contribution in [-0.4, -0.2) is 26.7 Å². The van der Waals surface area contributed by atoms with Gasteiger partial charge in [0.15, 0.2) is 5.17 Å². The van der Waals surface area contributed by atoms with Gasteiger partial charge in [0.1, 0.15) is 0 Å². The minimum absolute atomic E-state index is 0.147. The summed E-state index contributed by atoms with van der Waals surface area (Å²) in [4.78, 5) is 17.1. The first kappa shape index (κ1) is 15.8. The van der Waals surface area contributed by atoms with Gasteiger partial charge in [-0.1, -0.05) is 12.1 Å². The molecule has 3 rings (SSSR count). The molecule has 1 fully saturated rings. The van der Waals surface area contributed by atoms with E-state index in [0.29, 0.717) is 22.5 Å². The second kappa shape index (κ2) is 7.02. The summed E-state index contributed by atoms with van der Waals surface area (Å²) >= 11 is 7.01. The van der Waals surface area contributed by atoms with E-state index < -0.39 is 0 Å². The molecule has 0 bridgehead atoms. The maximum absolute atomic E-state index is 12.0. The molecule has 0 unspecified atom stereocenters. The number of hydrogen-bond donors (Lipinski definition) is 1. The van der Waals surface area contributed by atoms with E-state index in [0.717, 1.165) is 16.8 Å². The summed E-state index contributed by atoms with van der Waals surface area (Å²) in [6.45, 7) is 2.65. The number of halogens is 1. The molecular weight excluding hydrogens is 332 g/mol. The smallest absolute Gasteiger partial charge is 0.264 e. The number of amides is 1. The average Bonchev–Trinajstić information content (AvgIpc) is 3.07. The summed E-state index contributed by atoms with van der Waals surface area (Å²) in [5.41, 5.74) is 2.82. The van der Waals surface area contributed by atoms with E-state index in [1.54, 1.807) is 17.0 Å². The molecule has 23 heavy (non-hydrogen) atoms. The molecule has 7 heteroatoms. The molecule has 1 N–H and O–H groups in total. The summed E-state index contributed by atoms with van der Waals surface area (Å²) in [5, 5.41) is 7.55. The van der Waals surface area contributed by atoms with E-state index in [9.17, 15) is 4.79 Å². The third-order valence-electron chi connectivity index (χ3n) is 3.15. The standard InChI is InChI=1S/C16H15ClN4OS/c1-11-3-2-4-13(7-11)19-16-20-15(22)14(23-16)8-12-9-18-21(10-12)6-5-17/h2-4,7-10H,5-6H2,1H3,(H,19,20,22). The highest BCUT2D eigenvalue weighted by molar-refractivity contribution is 8.18. The van der Waals surface area contributed by atoms with Gasteiger partial charge in [0, 0.05) is 17.6 Å². The molecule has 0 atom stereocenters. The Labute approximate surface area is 143 Å². The third-order valence-corrected chi connectivity index (χ3v) is 4.23. The molecule has 1 aliphatic rings. The largest absolute Gasteiger partial charge is 0.300 e. The predicted octanol–water partition coefficient (Wildman–Crippen LogP) is 3.32. The Bertz CT molecular complexity index is 797. The quantitative estimate of drug-likeness (QED) is 0.682. The van der Waals surface area contributed by atoms with Crippen molar-refractivity contribution in [3.63, 3.8) is 0 Å². The Hall–Kier alpha value is -2.05. The number of thioether (sulfide) groups is 1. The van der Waals surface area contributed by atoms with Crippen LogP contribution in [0.2, 0.25) is 0 Å². The Balaban J connectivity index is 1.77. The summed E-state index contributed by atoms with van der Waals surface area (Å²) in [7, 11) is 0. The van der Waals surface area contributed by atoms with Crippen molar-refractivity contribution in [2.45, 2.75) is 13.5 Å². The predicted molar refractivity (Wildman–Crippen MR) is 94.9 cm³/mol. The number of nitrogens with one attached hydrogen (secondary N) is 1. The molecule has 5 nitrogen and oxygen atoms in total. The number of amidine groups is 1. The highest BCUT2D eigenvalue weighted by Crippen LogP contribution is 2.28. The van der Waals surface area contributed by atoms with Crippen molar-refractivity contribution in [1.29, 1.82) is 0 Å². The lowest BCUT2D eigenvalue weighted by molar-refractivity contribution is -0.115. The molecular formula is C16H15ClN4OS. The van der Waals surface area contributed by atoms with Gasteiger partial charge in [0.2, 0.25) is 0 Å². The second-order valence-electron chi connectivity index (χ2n) is 5.05. The van der Waals surface area contributed by atoms with E-state index in [4.69, 9.17) is 11.6 Å². The van der Waals surface area contributed by atoms with Gasteiger partial charge < -0.3 is 5.32 Å². The van der Waals surface area contributed by atoms with Crippen LogP contribution >= 0.6 is 23.4 Å². The van der Waals surface area contributed by atoms with Crippen molar-refractivity contribution in [3.05, 3.63) is 52.7 Å². The fourth-order valence-electron chi connectivity index (χ4n) is 2.11. The van der Waals surface area contributed by atoms with Crippen molar-refractivity contribution in [1.82, 2.24) is 15.1 Å². The van der Waals surface area contributed by atoms with Gasteiger partial charge in [-0.3, -0.25) is 9.48 Å². The normalized spacial score (nSPS) is 17.9. The zero-order valence-electron chi connectivity index (χ0n) is 12.5. The van der Waals surface area contributed by atoms with Gasteiger partial charge in [-0.25, -0.2) is 4.99 Å². The Morgan fingerprint density at radius 1 is 1.48 bits per heavy atom. The van der Waals surface area contributed by atoms with Crippen molar-refractivity contribution in [2.24, 2.45) is 4.99 Å². The number of nitrogens with zero attached hydrogens (tertiary/aromatic N) is 3. The zero-order chi connectivity index (χ0) is 16.2. The van der Waals surface area contributed by atoms with Crippen LogP contribution in [0.4, 0.5) is 5.69 Å². The molecule has 0 spiro atoms. The summed E-state index contributed by atoms with van der Waals surface area (Å²) in [6, 6.07) is 7.83. The van der Waals surface area contributed by atoms with Crippen LogP contribution in [0, 0.1) is 6.92 Å². The lowest BCUT2D eigenvalue weighted by Crippen LogP contribution is -2.19. The van der Waals surface area contributed by atoms with Gasteiger partial charge in [-0.05, 0) is 42.5 Å². The molecule has 2 aromatic rings. The Kier molecular flexibility index (Phi) is 4.83. The summed E-state index contributed by atoms with van der Waals surface area (Å²) in [5.74, 6) is 0.353. The SMILES string of the molecule is Cc1cccc(N=C2NC(=O)C(=Cc3cnn(CCCl)c3)S2)c1. The Morgan fingerprint density at radius 2 is 2.35 bits per heavy atom. The number of carbonyl (C=O) groups is 1.